The number of carbonyl (C=O) groups excluding carboxylic acids is 1. The topological polar surface area (TPSA) is 89.9 Å². The molecule has 2 N–H and O–H groups in total. The van der Waals surface area contributed by atoms with Crippen molar-refractivity contribution in [2.75, 3.05) is 68.8 Å². The molecule has 1 amide bonds. The Kier molecular flexibility index (Phi) is 8.16. The van der Waals surface area contributed by atoms with Gasteiger partial charge in [-0.05, 0) is 81.0 Å². The molecule has 6 rings (SSSR count). The second kappa shape index (κ2) is 12.3. The zero-order valence-corrected chi connectivity index (χ0v) is 22.7. The van der Waals surface area contributed by atoms with Gasteiger partial charge >= 0.3 is 0 Å². The molecule has 208 valence electrons. The van der Waals surface area contributed by atoms with Crippen molar-refractivity contribution in [3.63, 3.8) is 0 Å². The molecule has 5 heterocycles. The van der Waals surface area contributed by atoms with Crippen LogP contribution in [0.3, 0.4) is 0 Å². The van der Waals surface area contributed by atoms with Crippen molar-refractivity contribution in [2.45, 2.75) is 38.1 Å². The van der Waals surface area contributed by atoms with E-state index < -0.39 is 0 Å². The highest BCUT2D eigenvalue weighted by Crippen LogP contribution is 2.30. The standard InChI is InChI=1S/C30H40N6O3/c37-30(27-4-2-18-39-27)32-25-7-5-23(6-8-25)9-11-34-12-14-35(15-13-34)28-21-24(26-3-1-10-31-26)22-29(33-28)36-16-19-38-20-17-36/h1-4,10,18,21-23,25,31H,5-9,11-17,19-20H2,(H,32,37)/t23-,25-. The number of nitrogens with one attached hydrogen (secondary N) is 2. The minimum atomic E-state index is -0.0914. The van der Waals surface area contributed by atoms with Crippen molar-refractivity contribution in [1.82, 2.24) is 20.2 Å². The van der Waals surface area contributed by atoms with Gasteiger partial charge in [0.15, 0.2) is 5.76 Å². The lowest BCUT2D eigenvalue weighted by Crippen LogP contribution is -2.47. The molecular weight excluding hydrogens is 492 g/mol. The van der Waals surface area contributed by atoms with Crippen LogP contribution in [0.15, 0.2) is 53.3 Å². The van der Waals surface area contributed by atoms with E-state index in [4.69, 9.17) is 14.1 Å². The normalized spacial score (nSPS) is 22.7. The van der Waals surface area contributed by atoms with Gasteiger partial charge in [-0.25, -0.2) is 4.98 Å². The van der Waals surface area contributed by atoms with Gasteiger partial charge in [-0.1, -0.05) is 0 Å². The van der Waals surface area contributed by atoms with E-state index in [1.807, 2.05) is 12.3 Å². The quantitative estimate of drug-likeness (QED) is 0.453. The third-order valence-electron chi connectivity index (χ3n) is 8.52. The van der Waals surface area contributed by atoms with Crippen LogP contribution in [-0.4, -0.2) is 85.8 Å². The molecule has 0 bridgehead atoms. The van der Waals surface area contributed by atoms with E-state index in [2.05, 4.69) is 43.2 Å². The summed E-state index contributed by atoms with van der Waals surface area (Å²) < 4.78 is 10.8. The van der Waals surface area contributed by atoms with Crippen molar-refractivity contribution in [3.05, 3.63) is 54.6 Å². The van der Waals surface area contributed by atoms with Gasteiger partial charge in [0.25, 0.3) is 5.91 Å². The van der Waals surface area contributed by atoms with Crippen LogP contribution in [0.4, 0.5) is 11.6 Å². The molecule has 9 heteroatoms. The molecule has 9 nitrogen and oxygen atoms in total. The number of hydrogen-bond donors (Lipinski definition) is 2. The van der Waals surface area contributed by atoms with Gasteiger partial charge in [-0.15, -0.1) is 0 Å². The molecule has 0 atom stereocenters. The lowest BCUT2D eigenvalue weighted by atomic mass is 9.84. The van der Waals surface area contributed by atoms with Gasteiger partial charge in [0.05, 0.1) is 19.5 Å². The van der Waals surface area contributed by atoms with E-state index >= 15 is 0 Å². The number of morpholine rings is 1. The maximum absolute atomic E-state index is 12.3. The molecule has 39 heavy (non-hydrogen) atoms. The summed E-state index contributed by atoms with van der Waals surface area (Å²) in [6, 6.07) is 12.3. The monoisotopic (exact) mass is 532 g/mol. The molecule has 0 spiro atoms. The van der Waals surface area contributed by atoms with Gasteiger partial charge in [-0.3, -0.25) is 9.69 Å². The summed E-state index contributed by atoms with van der Waals surface area (Å²) >= 11 is 0. The second-order valence-electron chi connectivity index (χ2n) is 11.0. The minimum Gasteiger partial charge on any atom is -0.459 e. The van der Waals surface area contributed by atoms with Gasteiger partial charge < -0.3 is 29.3 Å². The van der Waals surface area contributed by atoms with Crippen molar-refractivity contribution in [3.8, 4) is 11.3 Å². The summed E-state index contributed by atoms with van der Waals surface area (Å²) in [5.74, 6) is 3.16. The van der Waals surface area contributed by atoms with E-state index in [9.17, 15) is 4.79 Å². The first-order chi connectivity index (χ1) is 19.2. The number of amides is 1. The van der Waals surface area contributed by atoms with Crippen LogP contribution < -0.4 is 15.1 Å². The van der Waals surface area contributed by atoms with E-state index in [1.165, 1.54) is 24.8 Å². The Morgan fingerprint density at radius 1 is 0.949 bits per heavy atom. The number of pyridine rings is 1. The Hall–Kier alpha value is -3.30. The number of H-pyrrole nitrogens is 1. The van der Waals surface area contributed by atoms with Gasteiger partial charge in [0.1, 0.15) is 11.6 Å². The van der Waals surface area contributed by atoms with Crippen LogP contribution in [0.2, 0.25) is 0 Å². The molecular formula is C30H40N6O3. The number of piperazine rings is 1. The average Bonchev–Trinajstić information content (AvgIpc) is 3.73. The fourth-order valence-electron chi connectivity index (χ4n) is 6.11. The predicted molar refractivity (Wildman–Crippen MR) is 152 cm³/mol. The fourth-order valence-corrected chi connectivity index (χ4v) is 6.11. The van der Waals surface area contributed by atoms with Crippen molar-refractivity contribution < 1.29 is 13.9 Å². The second-order valence-corrected chi connectivity index (χ2v) is 11.0. The van der Waals surface area contributed by atoms with Crippen LogP contribution in [0.25, 0.3) is 11.3 Å². The summed E-state index contributed by atoms with van der Waals surface area (Å²) in [6.07, 6.45) is 9.24. The Morgan fingerprint density at radius 2 is 1.69 bits per heavy atom. The highest BCUT2D eigenvalue weighted by molar-refractivity contribution is 5.91. The first kappa shape index (κ1) is 26.0. The minimum absolute atomic E-state index is 0.0914. The van der Waals surface area contributed by atoms with Crippen LogP contribution in [-0.2, 0) is 4.74 Å². The lowest BCUT2D eigenvalue weighted by Gasteiger charge is -2.37. The average molecular weight is 533 g/mol. The van der Waals surface area contributed by atoms with Crippen LogP contribution in [0.5, 0.6) is 0 Å². The SMILES string of the molecule is O=C(N[C@H]1CC[C@H](CCN2CCN(c3cc(-c4ccc[nH]4)cc(N4CCOCC4)n3)CC2)CC1)c1ccco1. The van der Waals surface area contributed by atoms with E-state index in [0.29, 0.717) is 5.76 Å². The summed E-state index contributed by atoms with van der Waals surface area (Å²) in [7, 11) is 0. The number of anilines is 2. The Labute approximate surface area is 230 Å². The number of rotatable bonds is 8. The zero-order valence-electron chi connectivity index (χ0n) is 22.7. The molecule has 2 aliphatic heterocycles. The number of carbonyl (C=O) groups is 1. The third-order valence-corrected chi connectivity index (χ3v) is 8.52. The van der Waals surface area contributed by atoms with Gasteiger partial charge in [-0.2, -0.15) is 0 Å². The molecule has 1 saturated carbocycles. The number of furan rings is 1. The maximum Gasteiger partial charge on any atom is 0.287 e. The molecule has 0 radical (unpaired) electrons. The smallest absolute Gasteiger partial charge is 0.287 e. The lowest BCUT2D eigenvalue weighted by molar-refractivity contribution is 0.0891. The molecule has 1 aliphatic carbocycles. The number of ether oxygens (including phenoxy) is 1. The molecule has 3 aromatic rings. The first-order valence-electron chi connectivity index (χ1n) is 14.5. The number of aromatic nitrogens is 2. The maximum atomic E-state index is 12.3. The highest BCUT2D eigenvalue weighted by atomic mass is 16.5. The summed E-state index contributed by atoms with van der Waals surface area (Å²) in [4.78, 5) is 28.1. The summed E-state index contributed by atoms with van der Waals surface area (Å²) in [5.41, 5.74) is 2.31. The third kappa shape index (κ3) is 6.47. The molecule has 3 aromatic heterocycles. The molecule has 3 fully saturated rings. The molecule has 3 aliphatic rings. The van der Waals surface area contributed by atoms with Crippen molar-refractivity contribution in [2.24, 2.45) is 5.92 Å². The van der Waals surface area contributed by atoms with Crippen LogP contribution in [0.1, 0.15) is 42.7 Å². The largest absolute Gasteiger partial charge is 0.459 e. The van der Waals surface area contributed by atoms with Crippen LogP contribution >= 0.6 is 0 Å². The van der Waals surface area contributed by atoms with Gasteiger partial charge in [0.2, 0.25) is 0 Å². The van der Waals surface area contributed by atoms with Crippen molar-refractivity contribution in [1.29, 1.82) is 0 Å². The Morgan fingerprint density at radius 3 is 2.36 bits per heavy atom. The van der Waals surface area contributed by atoms with E-state index in [0.717, 1.165) is 95.1 Å². The fraction of sp³-hybridized carbons (Fsp3) is 0.533. The number of hydrogen-bond acceptors (Lipinski definition) is 7. The van der Waals surface area contributed by atoms with E-state index in [1.54, 1.807) is 18.4 Å². The Bertz CT molecular complexity index is 1180. The molecule has 2 saturated heterocycles. The number of nitrogens with zero attached hydrogens (tertiary/aromatic N) is 4. The summed E-state index contributed by atoms with van der Waals surface area (Å²) in [5, 5.41) is 3.14. The van der Waals surface area contributed by atoms with Gasteiger partial charge in [0, 0.05) is 62.8 Å². The van der Waals surface area contributed by atoms with E-state index in [-0.39, 0.29) is 11.9 Å². The summed E-state index contributed by atoms with van der Waals surface area (Å²) in [6.45, 7) is 8.54. The number of aromatic amines is 1. The zero-order chi connectivity index (χ0) is 26.4. The Balaban J connectivity index is 0.988. The first-order valence-corrected chi connectivity index (χ1v) is 14.5. The highest BCUT2D eigenvalue weighted by Gasteiger charge is 2.25. The van der Waals surface area contributed by atoms with Crippen molar-refractivity contribution >= 4 is 17.5 Å². The molecule has 0 unspecified atom stereocenters. The molecule has 0 aromatic carbocycles. The predicted octanol–water partition coefficient (Wildman–Crippen LogP) is 4.01. The van der Waals surface area contributed by atoms with Crippen LogP contribution in [0, 0.1) is 5.92 Å².